The van der Waals surface area contributed by atoms with Gasteiger partial charge in [0.2, 0.25) is 17.6 Å². The van der Waals surface area contributed by atoms with Crippen LogP contribution in [0.2, 0.25) is 0 Å². The number of anilines is 2. The van der Waals surface area contributed by atoms with E-state index in [1.807, 2.05) is 0 Å². The van der Waals surface area contributed by atoms with Crippen LogP contribution >= 0.6 is 0 Å². The number of halogens is 3. The van der Waals surface area contributed by atoms with Crippen LogP contribution in [0.25, 0.3) is 11.0 Å². The van der Waals surface area contributed by atoms with Crippen molar-refractivity contribution in [3.05, 3.63) is 53.9 Å². The van der Waals surface area contributed by atoms with E-state index in [1.165, 1.54) is 12.1 Å². The summed E-state index contributed by atoms with van der Waals surface area (Å²) < 4.78 is 40.9. The fraction of sp³-hybridized carbons (Fsp3) is 0.211. The van der Waals surface area contributed by atoms with Crippen molar-refractivity contribution < 1.29 is 22.8 Å². The predicted molar refractivity (Wildman–Crippen MR) is 96.8 cm³/mol. The third kappa shape index (κ3) is 3.42. The summed E-state index contributed by atoms with van der Waals surface area (Å²) in [4.78, 5) is 27.5. The number of nitrogens with zero attached hydrogens (tertiary/aromatic N) is 2. The molecule has 0 aliphatic carbocycles. The Balaban J connectivity index is 1.59. The molecule has 3 aromatic rings. The number of carbonyl (C=O) groups is 2. The summed E-state index contributed by atoms with van der Waals surface area (Å²) in [6, 6.07) is 11.1. The molecular formula is C19H15F3N4O2. The average Bonchev–Trinajstić information content (AvgIpc) is 3.01. The van der Waals surface area contributed by atoms with Crippen molar-refractivity contribution in [2.75, 3.05) is 10.6 Å². The highest BCUT2D eigenvalue weighted by atomic mass is 19.4. The van der Waals surface area contributed by atoms with E-state index < -0.39 is 24.5 Å². The molecule has 0 saturated carbocycles. The lowest BCUT2D eigenvalue weighted by atomic mass is 10.0. The number of alkyl halides is 3. The van der Waals surface area contributed by atoms with Gasteiger partial charge in [-0.25, -0.2) is 4.98 Å². The van der Waals surface area contributed by atoms with Gasteiger partial charge in [-0.3, -0.25) is 9.59 Å². The van der Waals surface area contributed by atoms with Gasteiger partial charge in [0.05, 0.1) is 11.0 Å². The number of amides is 2. The topological polar surface area (TPSA) is 76.0 Å². The highest BCUT2D eigenvalue weighted by Crippen LogP contribution is 2.31. The van der Waals surface area contributed by atoms with Crippen LogP contribution in [-0.2, 0) is 28.7 Å². The fourth-order valence-electron chi connectivity index (χ4n) is 3.26. The van der Waals surface area contributed by atoms with E-state index in [0.29, 0.717) is 24.2 Å². The second kappa shape index (κ2) is 6.66. The SMILES string of the molecule is O=C(Cn1c(C(F)(F)F)nc2ccccc21)Nc1ccc2c(c1)CCC(=O)N2. The second-order valence-corrected chi connectivity index (χ2v) is 6.48. The summed E-state index contributed by atoms with van der Waals surface area (Å²) in [5, 5.41) is 5.35. The summed E-state index contributed by atoms with van der Waals surface area (Å²) in [6.07, 6.45) is -3.79. The minimum absolute atomic E-state index is 0.0732. The molecule has 1 aliphatic rings. The van der Waals surface area contributed by atoms with E-state index >= 15 is 0 Å². The number of nitrogens with one attached hydrogen (secondary N) is 2. The quantitative estimate of drug-likeness (QED) is 0.720. The second-order valence-electron chi connectivity index (χ2n) is 6.48. The Labute approximate surface area is 157 Å². The Kier molecular flexibility index (Phi) is 4.29. The minimum Gasteiger partial charge on any atom is -0.326 e. The number of aromatic nitrogens is 2. The first-order valence-corrected chi connectivity index (χ1v) is 8.56. The van der Waals surface area contributed by atoms with Crippen LogP contribution < -0.4 is 10.6 Å². The first-order valence-electron chi connectivity index (χ1n) is 8.56. The standard InChI is InChI=1S/C19H15F3N4O2/c20-19(21,22)18-25-14-3-1-2-4-15(14)26(18)10-17(28)23-12-6-7-13-11(9-12)5-8-16(27)24-13/h1-4,6-7,9H,5,8,10H2,(H,23,28)(H,24,27). The van der Waals surface area contributed by atoms with E-state index in [1.54, 1.807) is 30.3 Å². The van der Waals surface area contributed by atoms with E-state index in [4.69, 9.17) is 0 Å². The Morgan fingerprint density at radius 3 is 2.75 bits per heavy atom. The number of rotatable bonds is 3. The van der Waals surface area contributed by atoms with E-state index in [-0.39, 0.29) is 16.9 Å². The maximum Gasteiger partial charge on any atom is 0.449 e. The van der Waals surface area contributed by atoms with Crippen molar-refractivity contribution >= 4 is 34.2 Å². The Morgan fingerprint density at radius 2 is 1.96 bits per heavy atom. The highest BCUT2D eigenvalue weighted by Gasteiger charge is 2.38. The van der Waals surface area contributed by atoms with Gasteiger partial charge in [-0.05, 0) is 42.3 Å². The summed E-state index contributed by atoms with van der Waals surface area (Å²) in [7, 11) is 0. The first-order chi connectivity index (χ1) is 13.3. The van der Waals surface area contributed by atoms with E-state index in [0.717, 1.165) is 10.1 Å². The third-order valence-corrected chi connectivity index (χ3v) is 4.49. The van der Waals surface area contributed by atoms with E-state index in [2.05, 4.69) is 15.6 Å². The monoisotopic (exact) mass is 388 g/mol. The molecule has 0 spiro atoms. The fourth-order valence-corrected chi connectivity index (χ4v) is 3.26. The largest absolute Gasteiger partial charge is 0.449 e. The molecule has 0 unspecified atom stereocenters. The van der Waals surface area contributed by atoms with Crippen LogP contribution in [0.15, 0.2) is 42.5 Å². The van der Waals surface area contributed by atoms with Crippen LogP contribution in [0.1, 0.15) is 17.8 Å². The maximum absolute atomic E-state index is 13.3. The van der Waals surface area contributed by atoms with Crippen molar-refractivity contribution in [1.82, 2.24) is 9.55 Å². The molecule has 4 rings (SSSR count). The molecule has 1 aromatic heterocycles. The molecule has 9 heteroatoms. The zero-order chi connectivity index (χ0) is 19.9. The van der Waals surface area contributed by atoms with Crippen molar-refractivity contribution in [3.63, 3.8) is 0 Å². The Morgan fingerprint density at radius 1 is 1.18 bits per heavy atom. The van der Waals surface area contributed by atoms with Crippen molar-refractivity contribution in [1.29, 1.82) is 0 Å². The molecular weight excluding hydrogens is 373 g/mol. The van der Waals surface area contributed by atoms with Gasteiger partial charge in [0, 0.05) is 17.8 Å². The molecule has 2 heterocycles. The number of imidazole rings is 1. The van der Waals surface area contributed by atoms with Crippen LogP contribution in [0.5, 0.6) is 0 Å². The van der Waals surface area contributed by atoms with Crippen LogP contribution in [0.4, 0.5) is 24.5 Å². The molecule has 6 nitrogen and oxygen atoms in total. The van der Waals surface area contributed by atoms with Crippen LogP contribution in [0.3, 0.4) is 0 Å². The molecule has 0 radical (unpaired) electrons. The predicted octanol–water partition coefficient (Wildman–Crippen LogP) is 3.58. The number of carbonyl (C=O) groups excluding carboxylic acids is 2. The lowest BCUT2D eigenvalue weighted by molar-refractivity contribution is -0.147. The third-order valence-electron chi connectivity index (χ3n) is 4.49. The number of aryl methyl sites for hydroxylation is 1. The zero-order valence-corrected chi connectivity index (χ0v) is 14.5. The van der Waals surface area contributed by atoms with Crippen LogP contribution in [0, 0.1) is 0 Å². The summed E-state index contributed by atoms with van der Waals surface area (Å²) in [5.74, 6) is -1.79. The van der Waals surface area contributed by atoms with Gasteiger partial charge in [-0.1, -0.05) is 12.1 Å². The Hall–Kier alpha value is -3.36. The minimum atomic E-state index is -4.68. The average molecular weight is 388 g/mol. The Bertz CT molecular complexity index is 1090. The normalized spacial score (nSPS) is 13.9. The summed E-state index contributed by atoms with van der Waals surface area (Å²) in [5.41, 5.74) is 2.40. The van der Waals surface area contributed by atoms with Gasteiger partial charge in [0.1, 0.15) is 6.54 Å². The van der Waals surface area contributed by atoms with Gasteiger partial charge in [0.15, 0.2) is 0 Å². The molecule has 2 aromatic carbocycles. The number of hydrogen-bond acceptors (Lipinski definition) is 3. The molecule has 28 heavy (non-hydrogen) atoms. The van der Waals surface area contributed by atoms with Gasteiger partial charge in [0.25, 0.3) is 0 Å². The van der Waals surface area contributed by atoms with Gasteiger partial charge >= 0.3 is 6.18 Å². The van der Waals surface area contributed by atoms with E-state index in [9.17, 15) is 22.8 Å². The lowest BCUT2D eigenvalue weighted by Crippen LogP contribution is -2.24. The van der Waals surface area contributed by atoms with Crippen molar-refractivity contribution in [2.24, 2.45) is 0 Å². The molecule has 1 aliphatic heterocycles. The molecule has 2 N–H and O–H groups in total. The molecule has 2 amide bonds. The highest BCUT2D eigenvalue weighted by molar-refractivity contribution is 5.96. The van der Waals surface area contributed by atoms with Gasteiger partial charge < -0.3 is 15.2 Å². The lowest BCUT2D eigenvalue weighted by Gasteiger charge is -2.18. The molecule has 0 atom stereocenters. The maximum atomic E-state index is 13.3. The molecule has 0 bridgehead atoms. The van der Waals surface area contributed by atoms with Gasteiger partial charge in [-0.2, -0.15) is 13.2 Å². The number of hydrogen-bond donors (Lipinski definition) is 2. The zero-order valence-electron chi connectivity index (χ0n) is 14.5. The molecule has 144 valence electrons. The summed E-state index contributed by atoms with van der Waals surface area (Å²) >= 11 is 0. The number of fused-ring (bicyclic) bond motifs is 2. The molecule has 0 fully saturated rings. The number of para-hydroxylation sites is 2. The van der Waals surface area contributed by atoms with Crippen molar-refractivity contribution in [3.8, 4) is 0 Å². The smallest absolute Gasteiger partial charge is 0.326 e. The summed E-state index contributed by atoms with van der Waals surface area (Å²) in [6.45, 7) is -0.525. The van der Waals surface area contributed by atoms with Crippen molar-refractivity contribution in [2.45, 2.75) is 25.6 Å². The first kappa shape index (κ1) is 18.0. The van der Waals surface area contributed by atoms with Gasteiger partial charge in [-0.15, -0.1) is 0 Å². The number of benzene rings is 2. The van der Waals surface area contributed by atoms with Crippen LogP contribution in [-0.4, -0.2) is 21.4 Å². The molecule has 0 saturated heterocycles.